The number of benzene rings is 2. The Labute approximate surface area is 186 Å². The molecule has 7 nitrogen and oxygen atoms in total. The highest BCUT2D eigenvalue weighted by Gasteiger charge is 2.40. The zero-order valence-corrected chi connectivity index (χ0v) is 18.7. The lowest BCUT2D eigenvalue weighted by atomic mass is 9.98. The quantitative estimate of drug-likeness (QED) is 0.773. The van der Waals surface area contributed by atoms with Crippen molar-refractivity contribution in [3.05, 3.63) is 54.1 Å². The number of aliphatic imine (C=N–C) groups is 2. The molecule has 2 aromatic rings. The molecular formula is C23H26N4O3S. The van der Waals surface area contributed by atoms with Gasteiger partial charge in [0, 0.05) is 31.5 Å². The number of likely N-dealkylation sites (tertiary alicyclic amines) is 1. The van der Waals surface area contributed by atoms with E-state index in [0.29, 0.717) is 37.4 Å². The van der Waals surface area contributed by atoms with E-state index in [1.807, 2.05) is 59.7 Å². The predicted octanol–water partition coefficient (Wildman–Crippen LogP) is 4.29. The van der Waals surface area contributed by atoms with Crippen LogP contribution in [-0.4, -0.2) is 60.9 Å². The first kappa shape index (κ1) is 21.2. The normalized spacial score (nSPS) is 17.2. The van der Waals surface area contributed by atoms with Crippen LogP contribution >= 0.6 is 11.8 Å². The van der Waals surface area contributed by atoms with E-state index in [2.05, 4.69) is 5.32 Å². The molecule has 2 amide bonds. The van der Waals surface area contributed by atoms with E-state index in [1.54, 1.807) is 26.0 Å². The number of carbonyl (C=O) groups excluding carboxylic acids is 1. The number of piperidine rings is 1. The largest absolute Gasteiger partial charge is 0.497 e. The number of hydrogen-bond donors (Lipinski definition) is 1. The number of ether oxygens (including phenoxy) is 2. The summed E-state index contributed by atoms with van der Waals surface area (Å²) in [6.07, 6.45) is 3.40. The predicted molar refractivity (Wildman–Crippen MR) is 126 cm³/mol. The maximum absolute atomic E-state index is 12.8. The van der Waals surface area contributed by atoms with Crippen LogP contribution in [0.2, 0.25) is 0 Å². The summed E-state index contributed by atoms with van der Waals surface area (Å²) in [5, 5.41) is 3.89. The number of carbonyl (C=O) groups is 1. The number of nitrogens with zero attached hydrogens (tertiary/aromatic N) is 3. The van der Waals surface area contributed by atoms with Gasteiger partial charge in [0.15, 0.2) is 5.66 Å². The Morgan fingerprint density at radius 1 is 1.03 bits per heavy atom. The van der Waals surface area contributed by atoms with E-state index >= 15 is 0 Å². The molecule has 2 aliphatic rings. The lowest BCUT2D eigenvalue weighted by Crippen LogP contribution is -2.46. The van der Waals surface area contributed by atoms with Gasteiger partial charge >= 0.3 is 6.03 Å². The number of anilines is 1. The van der Waals surface area contributed by atoms with Crippen LogP contribution in [0.15, 0.2) is 58.5 Å². The molecule has 0 radical (unpaired) electrons. The second-order valence-electron chi connectivity index (χ2n) is 7.41. The molecule has 1 saturated heterocycles. The molecule has 0 atom stereocenters. The molecule has 2 heterocycles. The van der Waals surface area contributed by atoms with Gasteiger partial charge in [-0.15, -0.1) is 11.8 Å². The summed E-state index contributed by atoms with van der Waals surface area (Å²) in [5.41, 5.74) is 2.12. The van der Waals surface area contributed by atoms with E-state index in [0.717, 1.165) is 22.1 Å². The zero-order chi connectivity index (χ0) is 21.8. The fourth-order valence-corrected chi connectivity index (χ4v) is 4.45. The zero-order valence-electron chi connectivity index (χ0n) is 17.9. The van der Waals surface area contributed by atoms with Gasteiger partial charge in [0.25, 0.3) is 0 Å². The van der Waals surface area contributed by atoms with Gasteiger partial charge in [-0.2, -0.15) is 0 Å². The molecule has 8 heteroatoms. The number of urea groups is 1. The second kappa shape index (κ2) is 9.01. The SMILES string of the molecule is COc1ccc(C2=NC3(CCN(C(=O)Nc4ccccc4OC)CC3)N=C2SC)cc1. The van der Waals surface area contributed by atoms with Crippen molar-refractivity contribution in [1.82, 2.24) is 4.90 Å². The molecule has 2 aliphatic heterocycles. The van der Waals surface area contributed by atoms with Crippen LogP contribution in [0.5, 0.6) is 11.5 Å². The number of thioether (sulfide) groups is 1. The fourth-order valence-electron chi connectivity index (χ4n) is 3.84. The molecule has 4 rings (SSSR count). The Balaban J connectivity index is 1.46. The van der Waals surface area contributed by atoms with Crippen molar-refractivity contribution in [2.45, 2.75) is 18.5 Å². The van der Waals surface area contributed by atoms with E-state index in [1.165, 1.54) is 0 Å². The first-order chi connectivity index (χ1) is 15.1. The standard InChI is InChI=1S/C23H26N4O3S/c1-29-17-10-8-16(9-11-17)20-21(31-3)26-23(25-20)12-14-27(15-13-23)22(28)24-18-6-4-5-7-19(18)30-2/h4-11H,12-15H2,1-3H3,(H,24,28). The summed E-state index contributed by atoms with van der Waals surface area (Å²) in [5.74, 6) is 1.46. The van der Waals surface area contributed by atoms with Gasteiger partial charge in [0.2, 0.25) is 0 Å². The Bertz CT molecular complexity index is 1010. The fraction of sp³-hybridized carbons (Fsp3) is 0.348. The summed E-state index contributed by atoms with van der Waals surface area (Å²) in [6, 6.07) is 15.2. The van der Waals surface area contributed by atoms with Crippen molar-refractivity contribution in [3.63, 3.8) is 0 Å². The van der Waals surface area contributed by atoms with Crippen molar-refractivity contribution in [2.24, 2.45) is 9.98 Å². The van der Waals surface area contributed by atoms with Crippen LogP contribution in [0.3, 0.4) is 0 Å². The molecule has 0 saturated carbocycles. The number of methoxy groups -OCH3 is 2. The van der Waals surface area contributed by atoms with Gasteiger partial charge in [-0.25, -0.2) is 9.79 Å². The highest BCUT2D eigenvalue weighted by molar-refractivity contribution is 8.15. The van der Waals surface area contributed by atoms with Crippen molar-refractivity contribution >= 4 is 34.2 Å². The monoisotopic (exact) mass is 438 g/mol. The Morgan fingerprint density at radius 3 is 2.39 bits per heavy atom. The van der Waals surface area contributed by atoms with Crippen LogP contribution in [0.25, 0.3) is 0 Å². The number of nitrogens with one attached hydrogen (secondary N) is 1. The van der Waals surface area contributed by atoms with Gasteiger partial charge in [0.05, 0.1) is 25.6 Å². The van der Waals surface area contributed by atoms with Crippen molar-refractivity contribution < 1.29 is 14.3 Å². The van der Waals surface area contributed by atoms with Crippen LogP contribution in [-0.2, 0) is 0 Å². The minimum atomic E-state index is -0.491. The van der Waals surface area contributed by atoms with Gasteiger partial charge in [0.1, 0.15) is 16.5 Å². The number of para-hydroxylation sites is 2. The number of hydrogen-bond acceptors (Lipinski definition) is 6. The van der Waals surface area contributed by atoms with Gasteiger partial charge in [-0.1, -0.05) is 12.1 Å². The van der Waals surface area contributed by atoms with Gasteiger partial charge < -0.3 is 19.7 Å². The molecule has 0 aromatic heterocycles. The molecule has 1 spiro atoms. The molecule has 2 aromatic carbocycles. The molecule has 0 bridgehead atoms. The third-order valence-corrected chi connectivity index (χ3v) is 6.26. The van der Waals surface area contributed by atoms with E-state index in [-0.39, 0.29) is 6.03 Å². The van der Waals surface area contributed by atoms with Crippen LogP contribution in [0, 0.1) is 0 Å². The first-order valence-electron chi connectivity index (χ1n) is 10.1. The summed E-state index contributed by atoms with van der Waals surface area (Å²) in [7, 11) is 3.25. The Kier molecular flexibility index (Phi) is 6.18. The third kappa shape index (κ3) is 4.39. The Hall–Kier alpha value is -3.00. The molecule has 1 fully saturated rings. The number of amides is 2. The van der Waals surface area contributed by atoms with Crippen molar-refractivity contribution in [3.8, 4) is 11.5 Å². The topological polar surface area (TPSA) is 75.5 Å². The van der Waals surface area contributed by atoms with E-state index in [4.69, 9.17) is 19.5 Å². The minimum Gasteiger partial charge on any atom is -0.497 e. The van der Waals surface area contributed by atoms with Gasteiger partial charge in [-0.05, 0) is 42.7 Å². The Morgan fingerprint density at radius 2 is 1.74 bits per heavy atom. The summed E-state index contributed by atoms with van der Waals surface area (Å²) in [6.45, 7) is 1.18. The lowest BCUT2D eigenvalue weighted by Gasteiger charge is -2.35. The maximum Gasteiger partial charge on any atom is 0.321 e. The van der Waals surface area contributed by atoms with Crippen molar-refractivity contribution in [1.29, 1.82) is 0 Å². The maximum atomic E-state index is 12.8. The van der Waals surface area contributed by atoms with Crippen LogP contribution < -0.4 is 14.8 Å². The van der Waals surface area contributed by atoms with Crippen LogP contribution in [0.4, 0.5) is 10.5 Å². The summed E-state index contributed by atoms with van der Waals surface area (Å²) >= 11 is 1.61. The van der Waals surface area contributed by atoms with E-state index in [9.17, 15) is 4.79 Å². The van der Waals surface area contributed by atoms with E-state index < -0.39 is 5.66 Å². The third-order valence-electron chi connectivity index (χ3n) is 5.59. The lowest BCUT2D eigenvalue weighted by molar-refractivity contribution is 0.175. The second-order valence-corrected chi connectivity index (χ2v) is 8.20. The van der Waals surface area contributed by atoms with Gasteiger partial charge in [-0.3, -0.25) is 4.99 Å². The average molecular weight is 439 g/mol. The average Bonchev–Trinajstić information content (AvgIpc) is 3.18. The first-order valence-corrected chi connectivity index (χ1v) is 11.4. The minimum absolute atomic E-state index is 0.134. The molecule has 31 heavy (non-hydrogen) atoms. The summed E-state index contributed by atoms with van der Waals surface area (Å²) < 4.78 is 10.6. The molecule has 0 unspecified atom stereocenters. The number of rotatable bonds is 4. The molecule has 0 aliphatic carbocycles. The smallest absolute Gasteiger partial charge is 0.321 e. The van der Waals surface area contributed by atoms with Crippen molar-refractivity contribution in [2.75, 3.05) is 38.9 Å². The molecule has 162 valence electrons. The molecule has 1 N–H and O–H groups in total. The molecular weight excluding hydrogens is 412 g/mol. The highest BCUT2D eigenvalue weighted by atomic mass is 32.2. The highest BCUT2D eigenvalue weighted by Crippen LogP contribution is 2.35. The van der Waals surface area contributed by atoms with Crippen LogP contribution in [0.1, 0.15) is 18.4 Å². The summed E-state index contributed by atoms with van der Waals surface area (Å²) in [4.78, 5) is 24.6.